The highest BCUT2D eigenvalue weighted by Gasteiger charge is 2.33. The van der Waals surface area contributed by atoms with Crippen LogP contribution in [0.25, 0.3) is 22.5 Å². The fourth-order valence-electron chi connectivity index (χ4n) is 3.31. The lowest BCUT2D eigenvalue weighted by Gasteiger charge is -2.27. The van der Waals surface area contributed by atoms with Crippen LogP contribution in [0.15, 0.2) is 53.2 Å². The first-order valence-corrected chi connectivity index (χ1v) is 9.52. The molecule has 4 aromatic rings. The third-order valence-corrected chi connectivity index (χ3v) is 4.72. The molecule has 1 aromatic carbocycles. The normalized spacial score (nSPS) is 12.8. The summed E-state index contributed by atoms with van der Waals surface area (Å²) in [7, 11) is 0. The van der Waals surface area contributed by atoms with E-state index in [9.17, 15) is 9.90 Å². The summed E-state index contributed by atoms with van der Waals surface area (Å²) < 4.78 is 7.36. The van der Waals surface area contributed by atoms with Crippen LogP contribution >= 0.6 is 0 Å². The summed E-state index contributed by atoms with van der Waals surface area (Å²) in [5.74, 6) is 0.547. The van der Waals surface area contributed by atoms with Crippen molar-refractivity contribution in [2.75, 3.05) is 0 Å². The maximum absolute atomic E-state index is 11.3. The van der Waals surface area contributed by atoms with E-state index < -0.39 is 17.6 Å². The van der Waals surface area contributed by atoms with Gasteiger partial charge in [-0.15, -0.1) is 0 Å². The van der Waals surface area contributed by atoms with Gasteiger partial charge in [-0.3, -0.25) is 9.67 Å². The van der Waals surface area contributed by atoms with E-state index in [1.54, 1.807) is 10.9 Å². The fourth-order valence-corrected chi connectivity index (χ4v) is 3.31. The molecule has 0 radical (unpaired) electrons. The van der Waals surface area contributed by atoms with Gasteiger partial charge in [0.1, 0.15) is 11.7 Å². The lowest BCUT2D eigenvalue weighted by Crippen LogP contribution is -2.36. The topological polar surface area (TPSA) is 119 Å². The second kappa shape index (κ2) is 7.58. The Balaban J connectivity index is 1.80. The number of rotatable bonds is 5. The largest absolute Gasteiger partial charge is 0.465 e. The molecule has 0 fully saturated rings. The van der Waals surface area contributed by atoms with Crippen molar-refractivity contribution < 1.29 is 14.4 Å². The molecule has 3 aromatic heterocycles. The lowest BCUT2D eigenvalue weighted by atomic mass is 9.86. The van der Waals surface area contributed by atoms with Crippen LogP contribution in [0.5, 0.6) is 0 Å². The van der Waals surface area contributed by atoms with Crippen molar-refractivity contribution in [3.8, 4) is 11.6 Å². The Bertz CT molecular complexity index is 1180. The molecular formula is C21H22N6O3. The number of nitrogens with zero attached hydrogens (tertiary/aromatic N) is 5. The third-order valence-electron chi connectivity index (χ3n) is 4.72. The van der Waals surface area contributed by atoms with Gasteiger partial charge in [0.2, 0.25) is 0 Å². The molecule has 1 amide bonds. The monoisotopic (exact) mass is 406 g/mol. The van der Waals surface area contributed by atoms with Crippen LogP contribution in [0.3, 0.4) is 0 Å². The molecule has 0 spiro atoms. The SMILES string of the molecule is CC(C)(C)C(NC(=O)O)c1noc(-c2c3ccccc3nn2Cc2ccccn2)n1. The molecule has 2 N–H and O–H groups in total. The lowest BCUT2D eigenvalue weighted by molar-refractivity contribution is 0.172. The number of aromatic nitrogens is 5. The van der Waals surface area contributed by atoms with Crippen LogP contribution in [0.2, 0.25) is 0 Å². The molecule has 0 aliphatic heterocycles. The Morgan fingerprint density at radius 1 is 1.20 bits per heavy atom. The van der Waals surface area contributed by atoms with Gasteiger partial charge in [-0.25, -0.2) is 4.79 Å². The minimum atomic E-state index is -1.15. The average Bonchev–Trinajstić information content (AvgIpc) is 3.30. The van der Waals surface area contributed by atoms with Crippen molar-refractivity contribution in [1.29, 1.82) is 0 Å². The maximum Gasteiger partial charge on any atom is 0.405 e. The van der Waals surface area contributed by atoms with Gasteiger partial charge in [-0.2, -0.15) is 10.1 Å². The van der Waals surface area contributed by atoms with Crippen LogP contribution in [-0.4, -0.2) is 36.1 Å². The standard InChI is InChI=1S/C21H22N6O3/c1-21(2,3)17(23-20(28)29)18-24-19(30-26-18)16-14-9-4-5-10-15(14)25-27(16)12-13-8-6-7-11-22-13/h4-11,17,23H,12H2,1-3H3,(H,28,29). The Kier molecular flexibility index (Phi) is 4.94. The maximum atomic E-state index is 11.3. The molecule has 30 heavy (non-hydrogen) atoms. The molecule has 0 saturated carbocycles. The van der Waals surface area contributed by atoms with Gasteiger partial charge in [0.05, 0.1) is 17.8 Å². The highest BCUT2D eigenvalue weighted by atomic mass is 16.5. The van der Waals surface area contributed by atoms with Gasteiger partial charge in [0, 0.05) is 11.6 Å². The van der Waals surface area contributed by atoms with Crippen LogP contribution in [0.1, 0.15) is 38.3 Å². The second-order valence-electron chi connectivity index (χ2n) is 8.05. The van der Waals surface area contributed by atoms with E-state index in [-0.39, 0.29) is 11.7 Å². The Labute approximate surface area is 172 Å². The molecule has 0 saturated heterocycles. The highest BCUT2D eigenvalue weighted by Crippen LogP contribution is 2.34. The number of benzene rings is 1. The molecule has 0 bridgehead atoms. The summed E-state index contributed by atoms with van der Waals surface area (Å²) >= 11 is 0. The Hall–Kier alpha value is -3.75. The zero-order valence-corrected chi connectivity index (χ0v) is 16.9. The minimum Gasteiger partial charge on any atom is -0.465 e. The third kappa shape index (κ3) is 3.86. The molecule has 3 heterocycles. The van der Waals surface area contributed by atoms with Gasteiger partial charge in [-0.05, 0) is 23.6 Å². The van der Waals surface area contributed by atoms with Crippen molar-refractivity contribution in [2.24, 2.45) is 5.41 Å². The van der Waals surface area contributed by atoms with Crippen LogP contribution in [0.4, 0.5) is 4.79 Å². The molecular weight excluding hydrogens is 384 g/mol. The molecule has 9 heteroatoms. The van der Waals surface area contributed by atoms with Crippen molar-refractivity contribution in [3.63, 3.8) is 0 Å². The molecule has 4 rings (SSSR count). The first-order chi connectivity index (χ1) is 14.3. The van der Waals surface area contributed by atoms with Gasteiger partial charge < -0.3 is 14.9 Å². The fraction of sp³-hybridized carbons (Fsp3) is 0.286. The van der Waals surface area contributed by atoms with Gasteiger partial charge in [0.25, 0.3) is 5.89 Å². The second-order valence-corrected chi connectivity index (χ2v) is 8.05. The number of carbonyl (C=O) groups is 1. The molecule has 154 valence electrons. The van der Waals surface area contributed by atoms with E-state index in [1.807, 2.05) is 63.2 Å². The predicted molar refractivity (Wildman–Crippen MR) is 110 cm³/mol. The predicted octanol–water partition coefficient (Wildman–Crippen LogP) is 3.88. The number of pyridine rings is 1. The number of hydrogen-bond donors (Lipinski definition) is 2. The molecule has 0 aliphatic rings. The first kappa shape index (κ1) is 19.6. The van der Waals surface area contributed by atoms with Crippen LogP contribution in [0, 0.1) is 5.41 Å². The summed E-state index contributed by atoms with van der Waals surface area (Å²) in [6.45, 7) is 6.15. The summed E-state index contributed by atoms with van der Waals surface area (Å²) in [6, 6.07) is 12.7. The Morgan fingerprint density at radius 3 is 2.67 bits per heavy atom. The summed E-state index contributed by atoms with van der Waals surface area (Å²) in [5, 5.41) is 21.3. The highest BCUT2D eigenvalue weighted by molar-refractivity contribution is 5.91. The molecule has 9 nitrogen and oxygen atoms in total. The summed E-state index contributed by atoms with van der Waals surface area (Å²) in [6.07, 6.45) is 0.584. The summed E-state index contributed by atoms with van der Waals surface area (Å²) in [4.78, 5) is 20.2. The van der Waals surface area contributed by atoms with E-state index in [0.29, 0.717) is 12.2 Å². The van der Waals surface area contributed by atoms with Crippen LogP contribution < -0.4 is 5.32 Å². The minimum absolute atomic E-state index is 0.273. The number of nitrogens with one attached hydrogen (secondary N) is 1. The van der Waals surface area contributed by atoms with Crippen LogP contribution in [-0.2, 0) is 6.54 Å². The van der Waals surface area contributed by atoms with Crippen molar-refractivity contribution in [2.45, 2.75) is 33.4 Å². The van der Waals surface area contributed by atoms with Crippen molar-refractivity contribution >= 4 is 17.0 Å². The number of fused-ring (bicyclic) bond motifs is 1. The molecule has 0 aliphatic carbocycles. The van der Waals surface area contributed by atoms with Gasteiger partial charge >= 0.3 is 6.09 Å². The van der Waals surface area contributed by atoms with E-state index in [1.165, 1.54) is 0 Å². The van der Waals surface area contributed by atoms with E-state index in [0.717, 1.165) is 16.6 Å². The van der Waals surface area contributed by atoms with E-state index in [2.05, 4.69) is 25.5 Å². The quantitative estimate of drug-likeness (QED) is 0.516. The number of amides is 1. The molecule has 1 atom stereocenters. The van der Waals surface area contributed by atoms with E-state index in [4.69, 9.17) is 4.52 Å². The van der Waals surface area contributed by atoms with E-state index >= 15 is 0 Å². The molecule has 1 unspecified atom stereocenters. The number of carboxylic acid groups (broad SMARTS) is 1. The summed E-state index contributed by atoms with van der Waals surface area (Å²) in [5.41, 5.74) is 1.85. The van der Waals surface area contributed by atoms with Gasteiger partial charge in [-0.1, -0.05) is 50.2 Å². The first-order valence-electron chi connectivity index (χ1n) is 9.52. The van der Waals surface area contributed by atoms with Crippen molar-refractivity contribution in [1.82, 2.24) is 30.2 Å². The number of hydrogen-bond acceptors (Lipinski definition) is 6. The Morgan fingerprint density at radius 2 is 1.97 bits per heavy atom. The zero-order chi connectivity index (χ0) is 21.3. The average molecular weight is 406 g/mol. The smallest absolute Gasteiger partial charge is 0.405 e. The van der Waals surface area contributed by atoms with Crippen molar-refractivity contribution in [3.05, 3.63) is 60.2 Å². The zero-order valence-electron chi connectivity index (χ0n) is 16.9. The van der Waals surface area contributed by atoms with Gasteiger partial charge in [0.15, 0.2) is 5.82 Å².